The molecule has 0 saturated carbocycles. The average molecular weight is 292 g/mol. The van der Waals surface area contributed by atoms with E-state index in [4.69, 9.17) is 5.73 Å². The molecule has 108 valence electrons. The summed E-state index contributed by atoms with van der Waals surface area (Å²) in [5.41, 5.74) is 6.76. The van der Waals surface area contributed by atoms with Gasteiger partial charge in [0.2, 0.25) is 0 Å². The molecule has 0 fully saturated rings. The third-order valence-corrected chi connectivity index (χ3v) is 4.42. The summed E-state index contributed by atoms with van der Waals surface area (Å²) >= 11 is 1.75. The number of nitrogens with two attached hydrogens (primary N) is 1. The van der Waals surface area contributed by atoms with Gasteiger partial charge in [0.1, 0.15) is 5.82 Å². The van der Waals surface area contributed by atoms with E-state index in [1.807, 2.05) is 26.1 Å². The smallest absolute Gasteiger partial charge is 0.128 e. The van der Waals surface area contributed by atoms with Crippen molar-refractivity contribution in [2.45, 2.75) is 25.4 Å². The summed E-state index contributed by atoms with van der Waals surface area (Å²) in [6.45, 7) is 2.79. The number of hydrogen-bond acceptors (Lipinski definition) is 3. The molecule has 1 aromatic heterocycles. The highest BCUT2D eigenvalue weighted by Gasteiger charge is 2.23. The van der Waals surface area contributed by atoms with Crippen molar-refractivity contribution < 1.29 is 4.39 Å². The van der Waals surface area contributed by atoms with Crippen LogP contribution in [-0.2, 0) is 6.42 Å². The normalized spacial score (nSPS) is 14.4. The number of halogens is 1. The molecule has 0 saturated heterocycles. The summed E-state index contributed by atoms with van der Waals surface area (Å²) in [4.78, 5) is 3.48. The van der Waals surface area contributed by atoms with Gasteiger partial charge in [-0.05, 0) is 37.9 Å². The standard InChI is InChI=1S/C16H21FN2S/c1-12(18)16(14-7-3-4-8-15(14)17)19(2)10-9-13-6-5-11-20-13/h3-8,11-12,16H,9-10,18H2,1-2H3. The summed E-state index contributed by atoms with van der Waals surface area (Å²) < 4.78 is 14.0. The maximum atomic E-state index is 14.0. The molecule has 0 amide bonds. The van der Waals surface area contributed by atoms with E-state index in [9.17, 15) is 4.39 Å². The van der Waals surface area contributed by atoms with E-state index in [-0.39, 0.29) is 17.9 Å². The van der Waals surface area contributed by atoms with E-state index in [1.165, 1.54) is 10.9 Å². The second-order valence-corrected chi connectivity index (χ2v) is 6.17. The molecule has 2 N–H and O–H groups in total. The van der Waals surface area contributed by atoms with Gasteiger partial charge in [-0.3, -0.25) is 4.90 Å². The molecular formula is C16H21FN2S. The van der Waals surface area contributed by atoms with Gasteiger partial charge in [-0.1, -0.05) is 24.3 Å². The quantitative estimate of drug-likeness (QED) is 0.883. The van der Waals surface area contributed by atoms with Gasteiger partial charge in [-0.15, -0.1) is 11.3 Å². The Kier molecular flexibility index (Phi) is 5.29. The third-order valence-electron chi connectivity index (χ3n) is 3.49. The summed E-state index contributed by atoms with van der Waals surface area (Å²) in [7, 11) is 2.01. The Morgan fingerprint density at radius 1 is 1.25 bits per heavy atom. The Morgan fingerprint density at radius 3 is 2.60 bits per heavy atom. The summed E-state index contributed by atoms with van der Waals surface area (Å²) in [5, 5.41) is 2.08. The van der Waals surface area contributed by atoms with Crippen molar-refractivity contribution in [3.63, 3.8) is 0 Å². The predicted octanol–water partition coefficient (Wildman–Crippen LogP) is 3.45. The van der Waals surface area contributed by atoms with Crippen LogP contribution in [0.15, 0.2) is 41.8 Å². The topological polar surface area (TPSA) is 29.3 Å². The first-order valence-corrected chi connectivity index (χ1v) is 7.70. The van der Waals surface area contributed by atoms with Gasteiger partial charge in [-0.2, -0.15) is 0 Å². The molecule has 4 heteroatoms. The van der Waals surface area contributed by atoms with Gasteiger partial charge < -0.3 is 5.73 Å². The van der Waals surface area contributed by atoms with Crippen molar-refractivity contribution >= 4 is 11.3 Å². The van der Waals surface area contributed by atoms with Gasteiger partial charge in [-0.25, -0.2) is 4.39 Å². The Labute approximate surface area is 124 Å². The zero-order chi connectivity index (χ0) is 14.5. The highest BCUT2D eigenvalue weighted by molar-refractivity contribution is 7.09. The molecule has 0 spiro atoms. The highest BCUT2D eigenvalue weighted by Crippen LogP contribution is 2.25. The second-order valence-electron chi connectivity index (χ2n) is 5.14. The van der Waals surface area contributed by atoms with Crippen molar-refractivity contribution in [2.75, 3.05) is 13.6 Å². The van der Waals surface area contributed by atoms with Crippen molar-refractivity contribution in [3.05, 3.63) is 58.0 Å². The number of rotatable bonds is 6. The fourth-order valence-corrected chi connectivity index (χ4v) is 3.22. The van der Waals surface area contributed by atoms with Crippen molar-refractivity contribution in [3.8, 4) is 0 Å². The van der Waals surface area contributed by atoms with E-state index >= 15 is 0 Å². The van der Waals surface area contributed by atoms with Crippen LogP contribution in [0.1, 0.15) is 23.4 Å². The molecule has 1 heterocycles. The Bertz CT molecular complexity index is 525. The number of thiophene rings is 1. The van der Waals surface area contributed by atoms with E-state index in [1.54, 1.807) is 17.4 Å². The molecule has 0 aliphatic rings. The van der Waals surface area contributed by atoms with Crippen molar-refractivity contribution in [1.82, 2.24) is 4.90 Å². The minimum atomic E-state index is -0.183. The zero-order valence-corrected chi connectivity index (χ0v) is 12.7. The van der Waals surface area contributed by atoms with Crippen LogP contribution in [0, 0.1) is 5.82 Å². The van der Waals surface area contributed by atoms with Crippen molar-refractivity contribution in [2.24, 2.45) is 5.73 Å². The van der Waals surface area contributed by atoms with Gasteiger partial charge in [0.05, 0.1) is 6.04 Å². The largest absolute Gasteiger partial charge is 0.326 e. The van der Waals surface area contributed by atoms with E-state index in [0.29, 0.717) is 5.56 Å². The lowest BCUT2D eigenvalue weighted by molar-refractivity contribution is 0.217. The highest BCUT2D eigenvalue weighted by atomic mass is 32.1. The lowest BCUT2D eigenvalue weighted by Crippen LogP contribution is -2.38. The molecule has 2 unspecified atom stereocenters. The fraction of sp³-hybridized carbons (Fsp3) is 0.375. The fourth-order valence-electron chi connectivity index (χ4n) is 2.52. The Morgan fingerprint density at radius 2 is 2.00 bits per heavy atom. The van der Waals surface area contributed by atoms with Crippen LogP contribution in [0.2, 0.25) is 0 Å². The Hall–Kier alpha value is -1.23. The minimum absolute atomic E-state index is 0.101. The predicted molar refractivity (Wildman–Crippen MR) is 83.4 cm³/mol. The molecule has 0 aliphatic heterocycles. The van der Waals surface area contributed by atoms with Gasteiger partial charge in [0, 0.05) is 23.0 Å². The third kappa shape index (κ3) is 3.66. The van der Waals surface area contributed by atoms with Crippen LogP contribution < -0.4 is 5.73 Å². The zero-order valence-electron chi connectivity index (χ0n) is 11.9. The van der Waals surface area contributed by atoms with Crippen LogP contribution in [0.5, 0.6) is 0 Å². The van der Waals surface area contributed by atoms with E-state index < -0.39 is 0 Å². The monoisotopic (exact) mass is 292 g/mol. The summed E-state index contributed by atoms with van der Waals surface area (Å²) in [6.07, 6.45) is 0.964. The summed E-state index contributed by atoms with van der Waals surface area (Å²) in [6, 6.07) is 10.9. The van der Waals surface area contributed by atoms with Gasteiger partial charge in [0.25, 0.3) is 0 Å². The first kappa shape index (κ1) is 15.2. The SMILES string of the molecule is CC(N)C(c1ccccc1F)N(C)CCc1cccs1. The van der Waals surface area contributed by atoms with E-state index in [2.05, 4.69) is 22.4 Å². The molecule has 1 aromatic carbocycles. The molecule has 2 rings (SSSR count). The first-order valence-electron chi connectivity index (χ1n) is 6.82. The van der Waals surface area contributed by atoms with Crippen LogP contribution in [-0.4, -0.2) is 24.5 Å². The molecule has 20 heavy (non-hydrogen) atoms. The summed E-state index contributed by atoms with van der Waals surface area (Å²) in [5.74, 6) is -0.183. The lowest BCUT2D eigenvalue weighted by Gasteiger charge is -2.31. The van der Waals surface area contributed by atoms with Crippen molar-refractivity contribution in [1.29, 1.82) is 0 Å². The van der Waals surface area contributed by atoms with Crippen LogP contribution in [0.3, 0.4) is 0 Å². The molecular weight excluding hydrogens is 271 g/mol. The van der Waals surface area contributed by atoms with Crippen LogP contribution >= 0.6 is 11.3 Å². The molecule has 0 aliphatic carbocycles. The van der Waals surface area contributed by atoms with Gasteiger partial charge >= 0.3 is 0 Å². The number of benzene rings is 1. The van der Waals surface area contributed by atoms with Crippen LogP contribution in [0.4, 0.5) is 4.39 Å². The maximum Gasteiger partial charge on any atom is 0.128 e. The maximum absolute atomic E-state index is 14.0. The number of likely N-dealkylation sites (N-methyl/N-ethyl adjacent to an activating group) is 1. The average Bonchev–Trinajstić information content (AvgIpc) is 2.92. The molecule has 2 aromatic rings. The van der Waals surface area contributed by atoms with E-state index in [0.717, 1.165) is 13.0 Å². The number of hydrogen-bond donors (Lipinski definition) is 1. The first-order chi connectivity index (χ1) is 9.59. The molecule has 0 bridgehead atoms. The molecule has 2 atom stereocenters. The Balaban J connectivity index is 2.10. The molecule has 2 nitrogen and oxygen atoms in total. The van der Waals surface area contributed by atoms with Gasteiger partial charge in [0.15, 0.2) is 0 Å². The number of nitrogens with zero attached hydrogens (tertiary/aromatic N) is 1. The minimum Gasteiger partial charge on any atom is -0.326 e. The molecule has 0 radical (unpaired) electrons. The lowest BCUT2D eigenvalue weighted by atomic mass is 9.99. The second kappa shape index (κ2) is 6.97. The van der Waals surface area contributed by atoms with Crippen LogP contribution in [0.25, 0.3) is 0 Å².